The summed E-state index contributed by atoms with van der Waals surface area (Å²) in [6.45, 7) is 7.04. The number of hydrogen-bond donors (Lipinski definition) is 1. The minimum Gasteiger partial charge on any atom is -0.315 e. The van der Waals surface area contributed by atoms with Crippen LogP contribution < -0.4 is 5.32 Å². The van der Waals surface area contributed by atoms with Gasteiger partial charge in [0.15, 0.2) is 0 Å². The molecule has 0 unspecified atom stereocenters. The molecule has 1 N–H and O–H groups in total. The van der Waals surface area contributed by atoms with Gasteiger partial charge in [0.1, 0.15) is 0 Å². The first-order valence-corrected chi connectivity index (χ1v) is 9.92. The number of rotatable bonds is 10. The highest BCUT2D eigenvalue weighted by molar-refractivity contribution is 7.99. The lowest BCUT2D eigenvalue weighted by molar-refractivity contribution is 0.210. The number of allylic oxidation sites excluding steroid dienone is 3. The number of nitrogens with zero attached hydrogens (tertiary/aromatic N) is 1. The Morgan fingerprint density at radius 3 is 2.86 bits per heavy atom. The summed E-state index contributed by atoms with van der Waals surface area (Å²) in [4.78, 5) is 2.67. The molecule has 0 aliphatic heterocycles. The molecule has 120 valence electrons. The fourth-order valence-corrected chi connectivity index (χ4v) is 4.27. The average molecular weight is 309 g/mol. The quantitative estimate of drug-likeness (QED) is 0.617. The van der Waals surface area contributed by atoms with Gasteiger partial charge >= 0.3 is 0 Å². The van der Waals surface area contributed by atoms with E-state index in [2.05, 4.69) is 47.1 Å². The zero-order chi connectivity index (χ0) is 14.8. The highest BCUT2D eigenvalue weighted by Crippen LogP contribution is 2.22. The molecular formula is C18H32N2S. The molecule has 0 saturated heterocycles. The van der Waals surface area contributed by atoms with Gasteiger partial charge in [-0.1, -0.05) is 43.6 Å². The van der Waals surface area contributed by atoms with Gasteiger partial charge in [-0.15, -0.1) is 0 Å². The maximum atomic E-state index is 3.62. The van der Waals surface area contributed by atoms with Crippen LogP contribution in [0.25, 0.3) is 0 Å². The van der Waals surface area contributed by atoms with E-state index in [1.807, 2.05) is 0 Å². The van der Waals surface area contributed by atoms with Gasteiger partial charge in [0.25, 0.3) is 0 Å². The molecule has 2 aliphatic rings. The molecule has 0 amide bonds. The topological polar surface area (TPSA) is 15.3 Å². The molecule has 0 aromatic carbocycles. The second-order valence-corrected chi connectivity index (χ2v) is 7.27. The summed E-state index contributed by atoms with van der Waals surface area (Å²) in [5, 5.41) is 3.62. The van der Waals surface area contributed by atoms with Crippen molar-refractivity contribution in [2.45, 2.75) is 51.5 Å². The van der Waals surface area contributed by atoms with Crippen molar-refractivity contribution in [3.63, 3.8) is 0 Å². The van der Waals surface area contributed by atoms with Gasteiger partial charge in [0.2, 0.25) is 0 Å². The maximum absolute atomic E-state index is 3.62. The SMILES string of the molecule is CCN(CCNCCSCC1=CC=CCC1)C1CCCC1. The summed E-state index contributed by atoms with van der Waals surface area (Å²) in [6.07, 6.45) is 15.0. The van der Waals surface area contributed by atoms with Crippen LogP contribution in [0.3, 0.4) is 0 Å². The van der Waals surface area contributed by atoms with Crippen LogP contribution in [0.1, 0.15) is 45.4 Å². The summed E-state index contributed by atoms with van der Waals surface area (Å²) < 4.78 is 0. The Morgan fingerprint density at radius 1 is 1.29 bits per heavy atom. The predicted octanol–water partition coefficient (Wildman–Crippen LogP) is 3.85. The summed E-state index contributed by atoms with van der Waals surface area (Å²) in [6, 6.07) is 0.873. The Bertz CT molecular complexity index is 332. The lowest BCUT2D eigenvalue weighted by atomic mass is 10.1. The van der Waals surface area contributed by atoms with Crippen LogP contribution in [-0.2, 0) is 0 Å². The third kappa shape index (κ3) is 6.58. The molecule has 0 aromatic rings. The smallest absolute Gasteiger partial charge is 0.0147 e. The van der Waals surface area contributed by atoms with Crippen LogP contribution in [-0.4, -0.2) is 48.6 Å². The van der Waals surface area contributed by atoms with Gasteiger partial charge < -0.3 is 5.32 Å². The van der Waals surface area contributed by atoms with Crippen LogP contribution in [0.5, 0.6) is 0 Å². The average Bonchev–Trinajstić information content (AvgIpc) is 3.05. The largest absolute Gasteiger partial charge is 0.315 e. The Hall–Kier alpha value is -0.250. The van der Waals surface area contributed by atoms with E-state index in [-0.39, 0.29) is 0 Å². The van der Waals surface area contributed by atoms with E-state index in [1.54, 1.807) is 5.57 Å². The van der Waals surface area contributed by atoms with Crippen molar-refractivity contribution in [3.05, 3.63) is 23.8 Å². The van der Waals surface area contributed by atoms with Crippen molar-refractivity contribution in [3.8, 4) is 0 Å². The summed E-state index contributed by atoms with van der Waals surface area (Å²) >= 11 is 2.07. The van der Waals surface area contributed by atoms with E-state index in [1.165, 1.54) is 63.1 Å². The van der Waals surface area contributed by atoms with Gasteiger partial charge in [-0.05, 0) is 32.2 Å². The highest BCUT2D eigenvalue weighted by Gasteiger charge is 2.20. The normalized spacial score (nSPS) is 19.4. The van der Waals surface area contributed by atoms with E-state index in [0.29, 0.717) is 0 Å². The summed E-state index contributed by atoms with van der Waals surface area (Å²) in [7, 11) is 0. The molecule has 0 bridgehead atoms. The van der Waals surface area contributed by atoms with Crippen LogP contribution in [0.15, 0.2) is 23.8 Å². The van der Waals surface area contributed by atoms with Gasteiger partial charge in [-0.25, -0.2) is 0 Å². The first kappa shape index (κ1) is 17.1. The standard InChI is InChI=1S/C18H32N2S/c1-2-20(18-10-6-7-11-18)14-12-19-13-15-21-16-17-8-4-3-5-9-17/h3-4,8,18-19H,2,5-7,9-16H2,1H3. The molecule has 3 heteroatoms. The van der Waals surface area contributed by atoms with E-state index in [4.69, 9.17) is 0 Å². The van der Waals surface area contributed by atoms with E-state index >= 15 is 0 Å². The van der Waals surface area contributed by atoms with Crippen LogP contribution >= 0.6 is 11.8 Å². The monoisotopic (exact) mass is 308 g/mol. The fraction of sp³-hybridized carbons (Fsp3) is 0.778. The van der Waals surface area contributed by atoms with Crippen molar-refractivity contribution in [1.29, 1.82) is 0 Å². The predicted molar refractivity (Wildman–Crippen MR) is 96.2 cm³/mol. The van der Waals surface area contributed by atoms with Crippen molar-refractivity contribution in [1.82, 2.24) is 10.2 Å². The molecule has 2 nitrogen and oxygen atoms in total. The minimum atomic E-state index is 0.873. The second-order valence-electron chi connectivity index (χ2n) is 6.16. The van der Waals surface area contributed by atoms with E-state index in [0.717, 1.165) is 19.1 Å². The molecule has 2 rings (SSSR count). The summed E-state index contributed by atoms with van der Waals surface area (Å²) in [5.74, 6) is 2.45. The number of thioether (sulfide) groups is 1. The summed E-state index contributed by atoms with van der Waals surface area (Å²) in [5.41, 5.74) is 1.61. The van der Waals surface area contributed by atoms with Crippen molar-refractivity contribution < 1.29 is 0 Å². The zero-order valence-electron chi connectivity index (χ0n) is 13.7. The van der Waals surface area contributed by atoms with Gasteiger partial charge in [-0.3, -0.25) is 4.90 Å². The first-order chi connectivity index (χ1) is 10.4. The van der Waals surface area contributed by atoms with E-state index in [9.17, 15) is 0 Å². The number of likely N-dealkylation sites (N-methyl/N-ethyl adjacent to an activating group) is 1. The molecule has 0 heterocycles. The third-order valence-electron chi connectivity index (χ3n) is 4.63. The molecular weight excluding hydrogens is 276 g/mol. The first-order valence-electron chi connectivity index (χ1n) is 8.77. The van der Waals surface area contributed by atoms with Crippen LogP contribution in [0.2, 0.25) is 0 Å². The van der Waals surface area contributed by atoms with Crippen molar-refractivity contribution in [2.75, 3.05) is 37.7 Å². The molecule has 2 aliphatic carbocycles. The maximum Gasteiger partial charge on any atom is 0.0147 e. The molecule has 0 aromatic heterocycles. The van der Waals surface area contributed by atoms with Crippen LogP contribution in [0.4, 0.5) is 0 Å². The van der Waals surface area contributed by atoms with E-state index < -0.39 is 0 Å². The molecule has 0 radical (unpaired) electrons. The molecule has 1 fully saturated rings. The Kier molecular flexibility index (Phi) is 8.53. The second kappa shape index (κ2) is 10.5. The minimum absolute atomic E-state index is 0.873. The Labute approximate surface area is 135 Å². The molecule has 1 saturated carbocycles. The van der Waals surface area contributed by atoms with Crippen LogP contribution in [0, 0.1) is 0 Å². The lowest BCUT2D eigenvalue weighted by Gasteiger charge is -2.27. The Balaban J connectivity index is 1.45. The lowest BCUT2D eigenvalue weighted by Crippen LogP contribution is -2.38. The Morgan fingerprint density at radius 2 is 2.14 bits per heavy atom. The number of nitrogens with one attached hydrogen (secondary N) is 1. The fourth-order valence-electron chi connectivity index (χ4n) is 3.34. The number of hydrogen-bond acceptors (Lipinski definition) is 3. The van der Waals surface area contributed by atoms with Gasteiger partial charge in [0, 0.05) is 37.2 Å². The van der Waals surface area contributed by atoms with Gasteiger partial charge in [0.05, 0.1) is 0 Å². The van der Waals surface area contributed by atoms with Gasteiger partial charge in [-0.2, -0.15) is 11.8 Å². The molecule has 0 spiro atoms. The highest BCUT2D eigenvalue weighted by atomic mass is 32.2. The zero-order valence-corrected chi connectivity index (χ0v) is 14.5. The molecule has 21 heavy (non-hydrogen) atoms. The third-order valence-corrected chi connectivity index (χ3v) is 5.70. The van der Waals surface area contributed by atoms with Crippen molar-refractivity contribution in [2.24, 2.45) is 0 Å². The van der Waals surface area contributed by atoms with Crippen molar-refractivity contribution >= 4 is 11.8 Å². The molecule has 0 atom stereocenters.